The van der Waals surface area contributed by atoms with Gasteiger partial charge in [0, 0.05) is 51.5 Å². The van der Waals surface area contributed by atoms with E-state index in [1.54, 1.807) is 18.1 Å². The van der Waals surface area contributed by atoms with Crippen molar-refractivity contribution in [3.05, 3.63) is 30.1 Å². The van der Waals surface area contributed by atoms with E-state index in [4.69, 9.17) is 4.74 Å². The highest BCUT2D eigenvalue weighted by Gasteiger charge is 2.20. The fraction of sp³-hybridized carbons (Fsp3) is 0.650. The Hall–Kier alpha value is -1.58. The molecule has 160 valence electrons. The zero-order valence-electron chi connectivity index (χ0n) is 18.0. The normalized spacial score (nSPS) is 12.6. The molecule has 0 fully saturated rings. The molecule has 0 aliphatic rings. The predicted molar refractivity (Wildman–Crippen MR) is 125 cm³/mol. The molecule has 0 bridgehead atoms. The molecule has 1 amide bonds. The summed E-state index contributed by atoms with van der Waals surface area (Å²) in [6, 6.07) is 5.92. The van der Waals surface area contributed by atoms with Crippen LogP contribution < -0.4 is 10.6 Å². The number of carbonyl (C=O) groups is 1. The molecule has 8 heteroatoms. The first-order valence-electron chi connectivity index (χ1n) is 9.57. The van der Waals surface area contributed by atoms with Crippen molar-refractivity contribution in [2.45, 2.75) is 46.6 Å². The molecule has 7 nitrogen and oxygen atoms in total. The van der Waals surface area contributed by atoms with Crippen molar-refractivity contribution in [3.8, 4) is 0 Å². The third kappa shape index (κ3) is 12.0. The maximum absolute atomic E-state index is 12.0. The number of pyridine rings is 1. The molecule has 28 heavy (non-hydrogen) atoms. The number of hydrogen-bond donors (Lipinski definition) is 2. The Morgan fingerprint density at radius 3 is 2.61 bits per heavy atom. The van der Waals surface area contributed by atoms with Crippen LogP contribution in [0.5, 0.6) is 0 Å². The number of aliphatic imine (C=N–C) groups is 1. The second kappa shape index (κ2) is 13.6. The third-order valence-electron chi connectivity index (χ3n) is 3.60. The van der Waals surface area contributed by atoms with Crippen LogP contribution in [-0.4, -0.2) is 60.8 Å². The monoisotopic (exact) mass is 505 g/mol. The van der Waals surface area contributed by atoms with Crippen LogP contribution in [0.4, 0.5) is 4.79 Å². The maximum atomic E-state index is 12.0. The summed E-state index contributed by atoms with van der Waals surface area (Å²) in [7, 11) is 1.75. The van der Waals surface area contributed by atoms with Gasteiger partial charge in [0.15, 0.2) is 5.96 Å². The van der Waals surface area contributed by atoms with Gasteiger partial charge in [-0.05, 0) is 45.7 Å². The van der Waals surface area contributed by atoms with Gasteiger partial charge in [-0.3, -0.25) is 9.98 Å². The van der Waals surface area contributed by atoms with Crippen LogP contribution in [0, 0.1) is 5.92 Å². The molecule has 1 rings (SSSR count). The summed E-state index contributed by atoms with van der Waals surface area (Å²) in [6.45, 7) is 12.5. The van der Waals surface area contributed by atoms with Gasteiger partial charge in [0.2, 0.25) is 0 Å². The summed E-state index contributed by atoms with van der Waals surface area (Å²) in [5.74, 6) is 0.994. The van der Waals surface area contributed by atoms with Crippen LogP contribution in [0.3, 0.4) is 0 Å². The first-order chi connectivity index (χ1) is 12.7. The molecule has 0 saturated heterocycles. The number of guanidine groups is 1. The number of ether oxygens (including phenoxy) is 1. The lowest BCUT2D eigenvalue weighted by atomic mass is 10.2. The molecular formula is C20H36IN5O2. The van der Waals surface area contributed by atoms with Gasteiger partial charge in [-0.15, -0.1) is 24.0 Å². The minimum atomic E-state index is -0.484. The zero-order valence-corrected chi connectivity index (χ0v) is 20.3. The Morgan fingerprint density at radius 2 is 2.04 bits per heavy atom. The Morgan fingerprint density at radius 1 is 1.32 bits per heavy atom. The number of rotatable bonds is 8. The quantitative estimate of drug-likeness (QED) is 0.322. The number of aromatic nitrogens is 1. The second-order valence-corrected chi connectivity index (χ2v) is 7.68. The van der Waals surface area contributed by atoms with Crippen molar-refractivity contribution in [2.24, 2.45) is 10.9 Å². The Kier molecular flexibility index (Phi) is 12.8. The van der Waals surface area contributed by atoms with E-state index in [-0.39, 0.29) is 36.0 Å². The highest BCUT2D eigenvalue weighted by molar-refractivity contribution is 14.0. The molecule has 2 N–H and O–H groups in total. The van der Waals surface area contributed by atoms with E-state index in [0.717, 1.165) is 31.2 Å². The number of carbonyl (C=O) groups excluding carboxylic acids is 1. The van der Waals surface area contributed by atoms with Crippen LogP contribution in [0.15, 0.2) is 29.4 Å². The van der Waals surface area contributed by atoms with Crippen molar-refractivity contribution >= 4 is 36.0 Å². The largest absolute Gasteiger partial charge is 0.444 e. The van der Waals surface area contributed by atoms with Gasteiger partial charge in [-0.2, -0.15) is 0 Å². The van der Waals surface area contributed by atoms with Crippen LogP contribution in [0.2, 0.25) is 0 Å². The molecule has 0 radical (unpaired) electrons. The molecular weight excluding hydrogens is 469 g/mol. The first-order valence-corrected chi connectivity index (χ1v) is 9.57. The average molecular weight is 505 g/mol. The molecule has 0 spiro atoms. The van der Waals surface area contributed by atoms with Crippen LogP contribution in [0.1, 0.15) is 40.3 Å². The maximum Gasteiger partial charge on any atom is 0.410 e. The van der Waals surface area contributed by atoms with E-state index < -0.39 is 5.60 Å². The molecule has 1 atom stereocenters. The van der Waals surface area contributed by atoms with Crippen molar-refractivity contribution in [2.75, 3.05) is 33.2 Å². The molecule has 0 aliphatic heterocycles. The van der Waals surface area contributed by atoms with E-state index in [2.05, 4.69) is 27.5 Å². The van der Waals surface area contributed by atoms with Crippen LogP contribution >= 0.6 is 24.0 Å². The van der Waals surface area contributed by atoms with E-state index >= 15 is 0 Å². The van der Waals surface area contributed by atoms with Gasteiger partial charge < -0.3 is 20.3 Å². The van der Waals surface area contributed by atoms with Crippen LogP contribution in [-0.2, 0) is 11.2 Å². The third-order valence-corrected chi connectivity index (χ3v) is 3.60. The lowest BCUT2D eigenvalue weighted by Crippen LogP contribution is -2.39. The number of nitrogens with zero attached hydrogens (tertiary/aromatic N) is 3. The Bertz CT molecular complexity index is 590. The number of hydrogen-bond acceptors (Lipinski definition) is 4. The minimum Gasteiger partial charge on any atom is -0.444 e. The van der Waals surface area contributed by atoms with Crippen LogP contribution in [0.25, 0.3) is 0 Å². The molecule has 0 aliphatic carbocycles. The summed E-state index contributed by atoms with van der Waals surface area (Å²) in [6.07, 6.45) is 2.33. The molecule has 1 heterocycles. The van der Waals surface area contributed by atoms with E-state index in [1.807, 2.05) is 45.9 Å². The number of nitrogens with one attached hydrogen (secondary N) is 2. The standard InChI is InChI=1S/C20H35N5O2.HI/c1-7-21-18(23-13-11-17-10-8-9-12-22-17)24-14-16(2)15-25(6)19(26)27-20(3,4)5;/h8-10,12,16H,7,11,13-15H2,1-6H3,(H2,21,23,24);1H. The molecule has 1 unspecified atom stereocenters. The highest BCUT2D eigenvalue weighted by atomic mass is 127. The smallest absolute Gasteiger partial charge is 0.410 e. The molecule has 1 aromatic rings. The number of halogens is 1. The Labute approximate surface area is 186 Å². The fourth-order valence-corrected chi connectivity index (χ4v) is 2.38. The Balaban J connectivity index is 0.00000729. The van der Waals surface area contributed by atoms with E-state index in [1.165, 1.54) is 0 Å². The second-order valence-electron chi connectivity index (χ2n) is 7.68. The average Bonchev–Trinajstić information content (AvgIpc) is 2.59. The van der Waals surface area contributed by atoms with Gasteiger partial charge in [-0.25, -0.2) is 4.79 Å². The van der Waals surface area contributed by atoms with Crippen molar-refractivity contribution < 1.29 is 9.53 Å². The summed E-state index contributed by atoms with van der Waals surface area (Å²) >= 11 is 0. The molecule has 0 saturated carbocycles. The minimum absolute atomic E-state index is 0. The highest BCUT2D eigenvalue weighted by Crippen LogP contribution is 2.10. The summed E-state index contributed by atoms with van der Waals surface area (Å²) in [5, 5.41) is 6.57. The topological polar surface area (TPSA) is 78.9 Å². The summed E-state index contributed by atoms with van der Waals surface area (Å²) < 4.78 is 5.38. The van der Waals surface area contributed by atoms with Crippen molar-refractivity contribution in [1.82, 2.24) is 20.5 Å². The lowest BCUT2D eigenvalue weighted by Gasteiger charge is -2.26. The van der Waals surface area contributed by atoms with Crippen molar-refractivity contribution in [3.63, 3.8) is 0 Å². The molecule has 0 aromatic carbocycles. The first kappa shape index (κ1) is 26.4. The predicted octanol–water partition coefficient (Wildman–Crippen LogP) is 3.30. The van der Waals surface area contributed by atoms with Gasteiger partial charge in [0.1, 0.15) is 5.60 Å². The van der Waals surface area contributed by atoms with Gasteiger partial charge in [0.05, 0.1) is 0 Å². The van der Waals surface area contributed by atoms with E-state index in [9.17, 15) is 4.79 Å². The number of amides is 1. The fourth-order valence-electron chi connectivity index (χ4n) is 2.38. The van der Waals surface area contributed by atoms with Gasteiger partial charge in [-0.1, -0.05) is 13.0 Å². The van der Waals surface area contributed by atoms with Gasteiger partial charge in [0.25, 0.3) is 0 Å². The molecule has 1 aromatic heterocycles. The van der Waals surface area contributed by atoms with E-state index in [0.29, 0.717) is 13.1 Å². The van der Waals surface area contributed by atoms with Crippen molar-refractivity contribution in [1.29, 1.82) is 0 Å². The summed E-state index contributed by atoms with van der Waals surface area (Å²) in [4.78, 5) is 22.6. The zero-order chi connectivity index (χ0) is 20.3. The lowest BCUT2D eigenvalue weighted by molar-refractivity contribution is 0.0279. The van der Waals surface area contributed by atoms with Gasteiger partial charge >= 0.3 is 6.09 Å². The SMILES string of the molecule is CCNC(=NCC(C)CN(C)C(=O)OC(C)(C)C)NCCc1ccccn1.I. The summed E-state index contributed by atoms with van der Waals surface area (Å²) in [5.41, 5.74) is 0.566.